The molecule has 0 aliphatic rings. The average Bonchev–Trinajstić information content (AvgIpc) is 3.04. The highest BCUT2D eigenvalue weighted by Gasteiger charge is 2.34. The second kappa shape index (κ2) is 33.5. The van der Waals surface area contributed by atoms with E-state index in [-0.39, 0.29) is 39.1 Å². The first kappa shape index (κ1) is 44.5. The van der Waals surface area contributed by atoms with Gasteiger partial charge in [0, 0.05) is 25.8 Å². The number of nitrogens with two attached hydrogens (primary N) is 1. The maximum atomic E-state index is 13.1. The maximum absolute atomic E-state index is 13.1. The monoisotopic (exact) mass is 673 g/mol. The third kappa shape index (κ3) is 28.3. The molecule has 0 saturated carbocycles. The quantitative estimate of drug-likeness (QED) is 0.0794. The Hall–Kier alpha value is -2.45. The number of hydrogen-bond donors (Lipinski definition) is 3. The summed E-state index contributed by atoms with van der Waals surface area (Å²) in [6.45, 7) is 3.03. The zero-order chi connectivity index (χ0) is 34.8. The van der Waals surface area contributed by atoms with Gasteiger partial charge in [0.15, 0.2) is 6.29 Å². The summed E-state index contributed by atoms with van der Waals surface area (Å²) >= 11 is 0. The normalized spacial score (nSPS) is 11.8. The SMILES string of the molecule is NCCOCCOCCOCCOCCC(=O)N(C(=O)CCCCCCCCCCCCCCCC[C]=O)[C@@H](CCC(=O)O)C(=O)O. The van der Waals surface area contributed by atoms with E-state index in [4.69, 9.17) is 29.8 Å². The summed E-state index contributed by atoms with van der Waals surface area (Å²) in [5.41, 5.74) is 5.33. The molecule has 1 radical (unpaired) electrons. The van der Waals surface area contributed by atoms with Gasteiger partial charge in [-0.05, 0) is 19.3 Å². The molecule has 47 heavy (non-hydrogen) atoms. The van der Waals surface area contributed by atoms with Gasteiger partial charge in [-0.3, -0.25) is 24.1 Å². The van der Waals surface area contributed by atoms with Crippen molar-refractivity contribution in [3.05, 3.63) is 0 Å². The van der Waals surface area contributed by atoms with Crippen LogP contribution in [-0.4, -0.2) is 111 Å². The van der Waals surface area contributed by atoms with E-state index >= 15 is 0 Å². The topological polar surface area (TPSA) is 192 Å². The molecule has 0 aliphatic heterocycles. The minimum Gasteiger partial charge on any atom is -0.481 e. The average molecular weight is 674 g/mol. The van der Waals surface area contributed by atoms with Gasteiger partial charge in [-0.1, -0.05) is 77.0 Å². The fourth-order valence-electron chi connectivity index (χ4n) is 4.95. The summed E-state index contributed by atoms with van der Waals surface area (Å²) < 4.78 is 21.4. The van der Waals surface area contributed by atoms with E-state index in [2.05, 4.69) is 0 Å². The molecule has 1 atom stereocenters. The number of hydrogen-bond acceptors (Lipinski definition) is 10. The van der Waals surface area contributed by atoms with Crippen LogP contribution >= 0.6 is 0 Å². The number of imide groups is 1. The molecule has 0 rings (SSSR count). The molecule has 0 fully saturated rings. The van der Waals surface area contributed by atoms with Crippen molar-refractivity contribution in [3.63, 3.8) is 0 Å². The highest BCUT2D eigenvalue weighted by molar-refractivity contribution is 5.99. The third-order valence-corrected chi connectivity index (χ3v) is 7.52. The summed E-state index contributed by atoms with van der Waals surface area (Å²) in [6, 6.07) is -1.55. The van der Waals surface area contributed by atoms with Crippen molar-refractivity contribution >= 4 is 30.0 Å². The molecule has 0 aromatic heterocycles. The molecule has 0 unspecified atom stereocenters. The summed E-state index contributed by atoms with van der Waals surface area (Å²) in [4.78, 5) is 60.0. The minimum atomic E-state index is -1.55. The zero-order valence-electron chi connectivity index (χ0n) is 28.5. The van der Waals surface area contributed by atoms with Crippen molar-refractivity contribution in [1.29, 1.82) is 0 Å². The van der Waals surface area contributed by atoms with Gasteiger partial charge in [-0.25, -0.2) is 4.79 Å². The Morgan fingerprint density at radius 3 is 1.38 bits per heavy atom. The van der Waals surface area contributed by atoms with Crippen molar-refractivity contribution in [1.82, 2.24) is 4.90 Å². The predicted octanol–water partition coefficient (Wildman–Crippen LogP) is 4.43. The highest BCUT2D eigenvalue weighted by atomic mass is 16.6. The molecule has 0 spiro atoms. The van der Waals surface area contributed by atoms with Crippen LogP contribution in [0, 0.1) is 0 Å². The Bertz CT molecular complexity index is 813. The van der Waals surface area contributed by atoms with Crippen molar-refractivity contribution in [2.45, 2.75) is 128 Å². The van der Waals surface area contributed by atoms with Crippen molar-refractivity contribution in [2.24, 2.45) is 5.73 Å². The molecular weight excluding hydrogens is 612 g/mol. The summed E-state index contributed by atoms with van der Waals surface area (Å²) in [6.07, 6.45) is 16.5. The molecule has 0 heterocycles. The molecule has 273 valence electrons. The molecule has 0 aliphatic carbocycles. The van der Waals surface area contributed by atoms with Crippen LogP contribution < -0.4 is 5.73 Å². The van der Waals surface area contributed by atoms with Gasteiger partial charge in [0.2, 0.25) is 11.8 Å². The molecule has 0 bridgehead atoms. The number of unbranched alkanes of at least 4 members (excludes halogenated alkanes) is 14. The van der Waals surface area contributed by atoms with Crippen LogP contribution in [0.25, 0.3) is 0 Å². The lowest BCUT2D eigenvalue weighted by atomic mass is 10.0. The molecule has 0 aromatic rings. The lowest BCUT2D eigenvalue weighted by Gasteiger charge is -2.27. The first-order valence-electron chi connectivity index (χ1n) is 17.5. The van der Waals surface area contributed by atoms with Crippen LogP contribution in [0.2, 0.25) is 0 Å². The van der Waals surface area contributed by atoms with E-state index < -0.39 is 36.2 Å². The van der Waals surface area contributed by atoms with Crippen LogP contribution in [0.15, 0.2) is 0 Å². The lowest BCUT2D eigenvalue weighted by molar-refractivity contribution is -0.159. The first-order valence-corrected chi connectivity index (χ1v) is 17.5. The van der Waals surface area contributed by atoms with Gasteiger partial charge in [-0.2, -0.15) is 0 Å². The molecule has 13 heteroatoms. The van der Waals surface area contributed by atoms with E-state index in [0.717, 1.165) is 43.4 Å². The predicted molar refractivity (Wildman–Crippen MR) is 177 cm³/mol. The van der Waals surface area contributed by atoms with E-state index in [9.17, 15) is 29.1 Å². The third-order valence-electron chi connectivity index (χ3n) is 7.52. The molecule has 13 nitrogen and oxygen atoms in total. The standard InChI is InChI=1S/C34H61N2O11/c35-20-23-45-25-27-47-29-28-46-26-24-44-22-19-32(39)36(30(34(42)43)17-18-33(40)41)31(38)16-14-12-10-8-6-4-2-1-3-5-7-9-11-13-15-21-37/h30H,1-20,22-29,35H2,(H,40,41)(H,42,43)/t30-/m0/s1. The number of rotatable bonds is 36. The van der Waals surface area contributed by atoms with Gasteiger partial charge < -0.3 is 34.9 Å². The Morgan fingerprint density at radius 2 is 0.957 bits per heavy atom. The number of carbonyl (C=O) groups excluding carboxylic acids is 3. The van der Waals surface area contributed by atoms with Crippen molar-refractivity contribution < 1.29 is 53.1 Å². The first-order chi connectivity index (χ1) is 22.8. The Morgan fingerprint density at radius 1 is 0.553 bits per heavy atom. The van der Waals surface area contributed by atoms with Crippen LogP contribution in [0.4, 0.5) is 0 Å². The number of carboxylic acid groups (broad SMARTS) is 2. The summed E-state index contributed by atoms with van der Waals surface area (Å²) in [5, 5.41) is 18.8. The number of amides is 2. The minimum absolute atomic E-state index is 0.0197. The van der Waals surface area contributed by atoms with E-state index in [1.807, 2.05) is 6.29 Å². The second-order valence-electron chi connectivity index (χ2n) is 11.5. The Labute approximate surface area is 281 Å². The number of carbonyl (C=O) groups is 4. The van der Waals surface area contributed by atoms with Crippen LogP contribution in [0.1, 0.15) is 122 Å². The molecular formula is C34H61N2O11. The molecule has 4 N–H and O–H groups in total. The number of aliphatic carboxylic acids is 2. The molecule has 0 saturated heterocycles. The van der Waals surface area contributed by atoms with Gasteiger partial charge >= 0.3 is 11.9 Å². The molecule has 2 amide bonds. The van der Waals surface area contributed by atoms with Gasteiger partial charge in [0.1, 0.15) is 6.04 Å². The fourth-order valence-corrected chi connectivity index (χ4v) is 4.95. The van der Waals surface area contributed by atoms with Gasteiger partial charge in [0.05, 0.1) is 59.3 Å². The van der Waals surface area contributed by atoms with Gasteiger partial charge in [0.25, 0.3) is 0 Å². The van der Waals surface area contributed by atoms with Crippen molar-refractivity contribution in [2.75, 3.05) is 59.4 Å². The summed E-state index contributed by atoms with van der Waals surface area (Å²) in [7, 11) is 0. The smallest absolute Gasteiger partial charge is 0.326 e. The van der Waals surface area contributed by atoms with Crippen LogP contribution in [0.3, 0.4) is 0 Å². The maximum Gasteiger partial charge on any atom is 0.326 e. The van der Waals surface area contributed by atoms with E-state index in [0.29, 0.717) is 52.4 Å². The number of ether oxygens (including phenoxy) is 4. The van der Waals surface area contributed by atoms with E-state index in [1.165, 1.54) is 44.9 Å². The van der Waals surface area contributed by atoms with Crippen LogP contribution in [-0.2, 0) is 42.9 Å². The second-order valence-corrected chi connectivity index (χ2v) is 11.5. The highest BCUT2D eigenvalue weighted by Crippen LogP contribution is 2.17. The zero-order valence-corrected chi connectivity index (χ0v) is 28.5. The van der Waals surface area contributed by atoms with E-state index in [1.54, 1.807) is 0 Å². The largest absolute Gasteiger partial charge is 0.481 e. The number of nitrogens with zero attached hydrogens (tertiary/aromatic N) is 1. The number of carboxylic acids is 2. The Kier molecular flexibility index (Phi) is 31.7. The fraction of sp³-hybridized carbons (Fsp3) is 0.853. The van der Waals surface area contributed by atoms with Crippen molar-refractivity contribution in [3.8, 4) is 0 Å². The summed E-state index contributed by atoms with van der Waals surface area (Å²) in [5.74, 6) is -3.92. The van der Waals surface area contributed by atoms with Crippen LogP contribution in [0.5, 0.6) is 0 Å². The molecule has 0 aromatic carbocycles. The lowest BCUT2D eigenvalue weighted by Crippen LogP contribution is -2.49. The Balaban J connectivity index is 4.31. The van der Waals surface area contributed by atoms with Gasteiger partial charge in [-0.15, -0.1) is 0 Å².